The minimum atomic E-state index is 0.638. The van der Waals surface area contributed by atoms with Crippen LogP contribution in [0.3, 0.4) is 0 Å². The average molecular weight is 359 g/mol. The molecule has 0 amide bonds. The molecule has 0 atom stereocenters. The summed E-state index contributed by atoms with van der Waals surface area (Å²) >= 11 is 5.33. The monoisotopic (exact) mass is 358 g/mol. The van der Waals surface area contributed by atoms with Crippen LogP contribution in [0, 0.1) is 0 Å². The third kappa shape index (κ3) is 7.01. The van der Waals surface area contributed by atoms with Crippen LogP contribution in [-0.2, 0) is 13.1 Å². The second kappa shape index (κ2) is 10.6. The highest BCUT2D eigenvalue weighted by atomic mass is 32.1. The van der Waals surface area contributed by atoms with Gasteiger partial charge in [-0.3, -0.25) is 0 Å². The summed E-state index contributed by atoms with van der Waals surface area (Å²) in [4.78, 5) is 0. The summed E-state index contributed by atoms with van der Waals surface area (Å²) in [6, 6.07) is 16.0. The first kappa shape index (κ1) is 19.1. The molecule has 0 saturated carbocycles. The van der Waals surface area contributed by atoms with E-state index in [0.717, 1.165) is 42.1 Å². The van der Waals surface area contributed by atoms with E-state index in [4.69, 9.17) is 21.7 Å². The summed E-state index contributed by atoms with van der Waals surface area (Å²) in [7, 11) is 1.66. The van der Waals surface area contributed by atoms with E-state index >= 15 is 0 Å². The molecule has 134 valence electrons. The van der Waals surface area contributed by atoms with Gasteiger partial charge in [-0.25, -0.2) is 0 Å². The van der Waals surface area contributed by atoms with Gasteiger partial charge in [-0.2, -0.15) is 0 Å². The third-order valence-corrected chi connectivity index (χ3v) is 4.04. The lowest BCUT2D eigenvalue weighted by Crippen LogP contribution is -2.34. The number of hydrogen-bond acceptors (Lipinski definition) is 3. The molecule has 5 heteroatoms. The van der Waals surface area contributed by atoms with Crippen molar-refractivity contribution in [2.75, 3.05) is 13.7 Å². The van der Waals surface area contributed by atoms with Gasteiger partial charge in [0.25, 0.3) is 0 Å². The molecular weight excluding hydrogens is 332 g/mol. The van der Waals surface area contributed by atoms with Crippen LogP contribution >= 0.6 is 12.2 Å². The van der Waals surface area contributed by atoms with Gasteiger partial charge in [-0.05, 0) is 54.0 Å². The molecule has 0 saturated heterocycles. The van der Waals surface area contributed by atoms with Gasteiger partial charge in [0.2, 0.25) is 0 Å². The van der Waals surface area contributed by atoms with Gasteiger partial charge in [0, 0.05) is 13.1 Å². The molecule has 25 heavy (non-hydrogen) atoms. The van der Waals surface area contributed by atoms with E-state index in [9.17, 15) is 0 Å². The Bertz CT molecular complexity index is 642. The Labute approximate surface area is 155 Å². The predicted molar refractivity (Wildman–Crippen MR) is 106 cm³/mol. The summed E-state index contributed by atoms with van der Waals surface area (Å²) in [5.41, 5.74) is 2.31. The normalized spacial score (nSPS) is 10.2. The standard InChI is InChI=1S/C20H26N2O2S/c1-3-4-13-24-19-11-7-17(8-12-19)15-22-20(25)21-14-16-5-9-18(23-2)10-6-16/h5-12H,3-4,13-15H2,1-2H3,(H2,21,22,25). The number of hydrogen-bond donors (Lipinski definition) is 2. The second-order valence-electron chi connectivity index (χ2n) is 5.73. The van der Waals surface area contributed by atoms with Gasteiger partial charge in [0.05, 0.1) is 13.7 Å². The Morgan fingerprint density at radius 2 is 1.40 bits per heavy atom. The molecule has 0 aliphatic heterocycles. The maximum Gasteiger partial charge on any atom is 0.166 e. The van der Waals surface area contributed by atoms with E-state index in [0.29, 0.717) is 18.2 Å². The fourth-order valence-corrected chi connectivity index (χ4v) is 2.35. The summed E-state index contributed by atoms with van der Waals surface area (Å²) < 4.78 is 10.8. The first-order chi connectivity index (χ1) is 12.2. The van der Waals surface area contributed by atoms with Crippen LogP contribution < -0.4 is 20.1 Å². The number of nitrogens with one attached hydrogen (secondary N) is 2. The van der Waals surface area contributed by atoms with Gasteiger partial charge < -0.3 is 20.1 Å². The number of methoxy groups -OCH3 is 1. The van der Waals surface area contributed by atoms with Crippen LogP contribution in [0.4, 0.5) is 0 Å². The van der Waals surface area contributed by atoms with Crippen LogP contribution in [0.25, 0.3) is 0 Å². The highest BCUT2D eigenvalue weighted by Gasteiger charge is 2.00. The topological polar surface area (TPSA) is 42.5 Å². The number of thiocarbonyl (C=S) groups is 1. The lowest BCUT2D eigenvalue weighted by Gasteiger charge is -2.11. The van der Waals surface area contributed by atoms with Crippen LogP contribution in [0.5, 0.6) is 11.5 Å². The maximum atomic E-state index is 5.66. The smallest absolute Gasteiger partial charge is 0.166 e. The van der Waals surface area contributed by atoms with Crippen molar-refractivity contribution in [1.82, 2.24) is 10.6 Å². The van der Waals surface area contributed by atoms with Crippen molar-refractivity contribution in [2.45, 2.75) is 32.9 Å². The van der Waals surface area contributed by atoms with Gasteiger partial charge in [0.15, 0.2) is 5.11 Å². The number of unbranched alkanes of at least 4 members (excludes halogenated alkanes) is 1. The fourth-order valence-electron chi connectivity index (χ4n) is 2.21. The van der Waals surface area contributed by atoms with E-state index in [-0.39, 0.29) is 0 Å². The number of rotatable bonds is 9. The van der Waals surface area contributed by atoms with E-state index in [2.05, 4.69) is 29.7 Å². The van der Waals surface area contributed by atoms with E-state index in [1.54, 1.807) is 7.11 Å². The zero-order valence-electron chi connectivity index (χ0n) is 14.9. The van der Waals surface area contributed by atoms with E-state index in [1.807, 2.05) is 36.4 Å². The van der Waals surface area contributed by atoms with Crippen molar-refractivity contribution < 1.29 is 9.47 Å². The molecular formula is C20H26N2O2S. The Morgan fingerprint density at radius 3 is 1.88 bits per heavy atom. The Morgan fingerprint density at radius 1 is 0.880 bits per heavy atom. The summed E-state index contributed by atoms with van der Waals surface area (Å²) in [6.45, 7) is 4.29. The van der Waals surface area contributed by atoms with Crippen molar-refractivity contribution in [3.05, 3.63) is 59.7 Å². The van der Waals surface area contributed by atoms with Crippen LogP contribution in [0.15, 0.2) is 48.5 Å². The van der Waals surface area contributed by atoms with Gasteiger partial charge in [-0.1, -0.05) is 37.6 Å². The summed E-state index contributed by atoms with van der Waals surface area (Å²) in [6.07, 6.45) is 2.22. The minimum absolute atomic E-state index is 0.638. The van der Waals surface area contributed by atoms with Gasteiger partial charge >= 0.3 is 0 Å². The van der Waals surface area contributed by atoms with Crippen molar-refractivity contribution in [3.63, 3.8) is 0 Å². The summed E-state index contributed by atoms with van der Waals surface area (Å²) in [5, 5.41) is 7.06. The van der Waals surface area contributed by atoms with Crippen LogP contribution in [0.2, 0.25) is 0 Å². The predicted octanol–water partition coefficient (Wildman–Crippen LogP) is 4.04. The molecule has 0 aliphatic rings. The molecule has 4 nitrogen and oxygen atoms in total. The van der Waals surface area contributed by atoms with E-state index < -0.39 is 0 Å². The maximum absolute atomic E-state index is 5.66. The van der Waals surface area contributed by atoms with Gasteiger partial charge in [-0.15, -0.1) is 0 Å². The Kier molecular flexibility index (Phi) is 8.05. The average Bonchev–Trinajstić information content (AvgIpc) is 2.66. The van der Waals surface area contributed by atoms with Crippen molar-refractivity contribution >= 4 is 17.3 Å². The van der Waals surface area contributed by atoms with Crippen LogP contribution in [-0.4, -0.2) is 18.8 Å². The lowest BCUT2D eigenvalue weighted by molar-refractivity contribution is 0.309. The number of benzene rings is 2. The Hall–Kier alpha value is -2.27. The molecule has 0 heterocycles. The third-order valence-electron chi connectivity index (χ3n) is 3.76. The molecule has 0 spiro atoms. The minimum Gasteiger partial charge on any atom is -0.497 e. The SMILES string of the molecule is CCCCOc1ccc(CNC(=S)NCc2ccc(OC)cc2)cc1. The van der Waals surface area contributed by atoms with Crippen LogP contribution in [0.1, 0.15) is 30.9 Å². The molecule has 0 bridgehead atoms. The van der Waals surface area contributed by atoms with Gasteiger partial charge in [0.1, 0.15) is 11.5 Å². The molecule has 2 N–H and O–H groups in total. The number of ether oxygens (including phenoxy) is 2. The molecule has 2 rings (SSSR count). The zero-order chi connectivity index (χ0) is 17.9. The highest BCUT2D eigenvalue weighted by Crippen LogP contribution is 2.13. The first-order valence-corrected chi connectivity index (χ1v) is 8.98. The zero-order valence-corrected chi connectivity index (χ0v) is 15.7. The fraction of sp³-hybridized carbons (Fsp3) is 0.350. The van der Waals surface area contributed by atoms with E-state index in [1.165, 1.54) is 0 Å². The van der Waals surface area contributed by atoms with Crippen molar-refractivity contribution in [3.8, 4) is 11.5 Å². The molecule has 0 aromatic heterocycles. The molecule has 0 aliphatic carbocycles. The second-order valence-corrected chi connectivity index (χ2v) is 6.14. The highest BCUT2D eigenvalue weighted by molar-refractivity contribution is 7.80. The van der Waals surface area contributed by atoms with Crippen molar-refractivity contribution in [2.24, 2.45) is 0 Å². The molecule has 0 unspecified atom stereocenters. The lowest BCUT2D eigenvalue weighted by atomic mass is 10.2. The molecule has 2 aromatic rings. The first-order valence-electron chi connectivity index (χ1n) is 8.57. The largest absolute Gasteiger partial charge is 0.497 e. The molecule has 2 aromatic carbocycles. The molecule has 0 fully saturated rings. The quantitative estimate of drug-likeness (QED) is 0.523. The van der Waals surface area contributed by atoms with Crippen molar-refractivity contribution in [1.29, 1.82) is 0 Å². The molecule has 0 radical (unpaired) electrons. The Balaban J connectivity index is 1.70. The summed E-state index contributed by atoms with van der Waals surface area (Å²) in [5.74, 6) is 1.77.